The molecule has 7 nitrogen and oxygen atoms in total. The molecular formula is C23H24N4O3S. The first-order chi connectivity index (χ1) is 15.1. The highest BCUT2D eigenvalue weighted by Crippen LogP contribution is 2.23. The van der Waals surface area contributed by atoms with Crippen LogP contribution in [0.4, 0.5) is 0 Å². The minimum atomic E-state index is -0.316. The number of hydrogen-bond acceptors (Lipinski definition) is 5. The van der Waals surface area contributed by atoms with Gasteiger partial charge in [-0.1, -0.05) is 29.5 Å². The van der Waals surface area contributed by atoms with Gasteiger partial charge in [-0.05, 0) is 44.2 Å². The van der Waals surface area contributed by atoms with Gasteiger partial charge in [-0.15, -0.1) is 0 Å². The molecule has 2 aromatic carbocycles. The highest BCUT2D eigenvalue weighted by atomic mass is 32.1. The van der Waals surface area contributed by atoms with Crippen molar-refractivity contribution >= 4 is 27.5 Å². The van der Waals surface area contributed by atoms with Gasteiger partial charge in [-0.2, -0.15) is 10.1 Å². The summed E-state index contributed by atoms with van der Waals surface area (Å²) in [6.07, 6.45) is 1.58. The van der Waals surface area contributed by atoms with E-state index < -0.39 is 0 Å². The van der Waals surface area contributed by atoms with Gasteiger partial charge in [0.25, 0.3) is 5.91 Å². The molecule has 0 aliphatic rings. The Bertz CT molecular complexity index is 1270. The Morgan fingerprint density at radius 3 is 2.74 bits per heavy atom. The number of rotatable bonds is 7. The summed E-state index contributed by atoms with van der Waals surface area (Å²) >= 11 is 1.46. The molecule has 0 atom stereocenters. The summed E-state index contributed by atoms with van der Waals surface area (Å²) in [5.41, 5.74) is 3.13. The molecule has 160 valence electrons. The van der Waals surface area contributed by atoms with Crippen LogP contribution in [0.5, 0.6) is 5.75 Å². The van der Waals surface area contributed by atoms with Gasteiger partial charge in [0.15, 0.2) is 4.80 Å². The van der Waals surface area contributed by atoms with E-state index in [9.17, 15) is 4.79 Å². The molecule has 4 rings (SSSR count). The lowest BCUT2D eigenvalue weighted by atomic mass is 10.2. The normalized spacial score (nSPS) is 11.9. The van der Waals surface area contributed by atoms with E-state index in [2.05, 4.69) is 10.1 Å². The van der Waals surface area contributed by atoms with Crippen LogP contribution >= 0.6 is 11.3 Å². The first-order valence-corrected chi connectivity index (χ1v) is 10.9. The average molecular weight is 437 g/mol. The van der Waals surface area contributed by atoms with Crippen LogP contribution in [0.25, 0.3) is 15.9 Å². The zero-order valence-electron chi connectivity index (χ0n) is 17.7. The molecule has 0 aliphatic heterocycles. The van der Waals surface area contributed by atoms with E-state index in [1.807, 2.05) is 66.9 Å². The van der Waals surface area contributed by atoms with Crippen LogP contribution in [0.2, 0.25) is 0 Å². The SMILES string of the molecule is CCOCCn1c(=NC(=O)c2cnn(-c3ccccc3)c2C)sc2cc(OC)ccc21. The van der Waals surface area contributed by atoms with Crippen molar-refractivity contribution in [3.05, 3.63) is 70.8 Å². The number of fused-ring (bicyclic) bond motifs is 1. The number of hydrogen-bond donors (Lipinski definition) is 0. The number of benzene rings is 2. The number of aromatic nitrogens is 3. The van der Waals surface area contributed by atoms with Crippen molar-refractivity contribution in [2.75, 3.05) is 20.3 Å². The molecule has 4 aromatic rings. The summed E-state index contributed by atoms with van der Waals surface area (Å²) in [5, 5.41) is 4.39. The second-order valence-corrected chi connectivity index (χ2v) is 7.88. The predicted molar refractivity (Wildman–Crippen MR) is 121 cm³/mol. The van der Waals surface area contributed by atoms with Crippen molar-refractivity contribution in [2.24, 2.45) is 4.99 Å². The third-order valence-corrected chi connectivity index (χ3v) is 6.03. The van der Waals surface area contributed by atoms with E-state index in [4.69, 9.17) is 9.47 Å². The van der Waals surface area contributed by atoms with Gasteiger partial charge >= 0.3 is 0 Å². The highest BCUT2D eigenvalue weighted by molar-refractivity contribution is 7.16. The maximum atomic E-state index is 13.1. The standard InChI is InChI=1S/C23H24N4O3S/c1-4-30-13-12-26-20-11-10-18(29-3)14-21(20)31-23(26)25-22(28)19-15-24-27(16(19)2)17-8-6-5-7-9-17/h5-11,14-15H,4,12-13H2,1-3H3. The molecule has 1 amide bonds. The van der Waals surface area contributed by atoms with Crippen molar-refractivity contribution in [1.82, 2.24) is 14.3 Å². The number of amides is 1. The van der Waals surface area contributed by atoms with Crippen LogP contribution in [0, 0.1) is 6.92 Å². The fourth-order valence-electron chi connectivity index (χ4n) is 3.38. The van der Waals surface area contributed by atoms with Crippen molar-refractivity contribution in [3.63, 3.8) is 0 Å². The van der Waals surface area contributed by atoms with Crippen molar-refractivity contribution in [3.8, 4) is 11.4 Å². The number of methoxy groups -OCH3 is 1. The van der Waals surface area contributed by atoms with E-state index in [-0.39, 0.29) is 5.91 Å². The summed E-state index contributed by atoms with van der Waals surface area (Å²) in [4.78, 5) is 18.2. The number of ether oxygens (including phenoxy) is 2. The van der Waals surface area contributed by atoms with E-state index in [1.165, 1.54) is 11.3 Å². The predicted octanol–water partition coefficient (Wildman–Crippen LogP) is 3.98. The Morgan fingerprint density at radius 1 is 1.19 bits per heavy atom. The summed E-state index contributed by atoms with van der Waals surface area (Å²) in [5.74, 6) is 0.451. The van der Waals surface area contributed by atoms with Crippen LogP contribution in [0.15, 0.2) is 59.7 Å². The zero-order chi connectivity index (χ0) is 21.8. The molecular weight excluding hydrogens is 412 g/mol. The van der Waals surface area contributed by atoms with Gasteiger partial charge in [-0.25, -0.2) is 4.68 Å². The van der Waals surface area contributed by atoms with E-state index >= 15 is 0 Å². The fraction of sp³-hybridized carbons (Fsp3) is 0.261. The molecule has 0 aliphatic carbocycles. The molecule has 0 spiro atoms. The van der Waals surface area contributed by atoms with Crippen LogP contribution in [-0.2, 0) is 11.3 Å². The molecule has 0 saturated heterocycles. The van der Waals surface area contributed by atoms with Gasteiger partial charge in [0.1, 0.15) is 5.75 Å². The van der Waals surface area contributed by atoms with Crippen molar-refractivity contribution < 1.29 is 14.3 Å². The summed E-state index contributed by atoms with van der Waals surface area (Å²) in [7, 11) is 1.64. The summed E-state index contributed by atoms with van der Waals surface area (Å²) in [6.45, 7) is 5.62. The highest BCUT2D eigenvalue weighted by Gasteiger charge is 2.16. The third kappa shape index (κ3) is 4.30. The van der Waals surface area contributed by atoms with Gasteiger partial charge in [0, 0.05) is 13.2 Å². The zero-order valence-corrected chi connectivity index (χ0v) is 18.6. The lowest BCUT2D eigenvalue weighted by Crippen LogP contribution is -2.20. The monoisotopic (exact) mass is 436 g/mol. The Morgan fingerprint density at radius 2 is 2.00 bits per heavy atom. The maximum absolute atomic E-state index is 13.1. The van der Waals surface area contributed by atoms with Crippen LogP contribution in [-0.4, -0.2) is 40.6 Å². The van der Waals surface area contributed by atoms with E-state index in [0.717, 1.165) is 27.3 Å². The van der Waals surface area contributed by atoms with Crippen LogP contribution < -0.4 is 9.54 Å². The van der Waals surface area contributed by atoms with Crippen molar-refractivity contribution in [2.45, 2.75) is 20.4 Å². The first kappa shape index (κ1) is 21.0. The van der Waals surface area contributed by atoms with Gasteiger partial charge < -0.3 is 14.0 Å². The van der Waals surface area contributed by atoms with E-state index in [1.54, 1.807) is 18.0 Å². The quantitative estimate of drug-likeness (QED) is 0.411. The molecule has 0 bridgehead atoms. The molecule has 2 heterocycles. The number of thiazole rings is 1. The third-order valence-electron chi connectivity index (χ3n) is 4.99. The fourth-order valence-corrected chi connectivity index (χ4v) is 4.46. The summed E-state index contributed by atoms with van der Waals surface area (Å²) < 4.78 is 15.6. The van der Waals surface area contributed by atoms with Crippen molar-refractivity contribution in [1.29, 1.82) is 0 Å². The second-order valence-electron chi connectivity index (χ2n) is 6.87. The van der Waals surface area contributed by atoms with Gasteiger partial charge in [-0.3, -0.25) is 4.79 Å². The molecule has 31 heavy (non-hydrogen) atoms. The molecule has 0 fully saturated rings. The summed E-state index contributed by atoms with van der Waals surface area (Å²) in [6, 6.07) is 15.6. The molecule has 2 aromatic heterocycles. The van der Waals surface area contributed by atoms with Gasteiger partial charge in [0.05, 0.1) is 47.1 Å². The van der Waals surface area contributed by atoms with Crippen LogP contribution in [0.1, 0.15) is 23.0 Å². The van der Waals surface area contributed by atoms with Gasteiger partial charge in [0.2, 0.25) is 0 Å². The Kier molecular flexibility index (Phi) is 6.29. The van der Waals surface area contributed by atoms with E-state index in [0.29, 0.717) is 30.1 Å². The lowest BCUT2D eigenvalue weighted by molar-refractivity contribution is 0.0996. The number of carbonyl (C=O) groups excluding carboxylic acids is 1. The average Bonchev–Trinajstić information content (AvgIpc) is 3.34. The number of para-hydroxylation sites is 1. The topological polar surface area (TPSA) is 70.6 Å². The minimum Gasteiger partial charge on any atom is -0.497 e. The smallest absolute Gasteiger partial charge is 0.283 e. The second kappa shape index (κ2) is 9.28. The van der Waals surface area contributed by atoms with Crippen LogP contribution in [0.3, 0.4) is 0 Å². The molecule has 0 radical (unpaired) electrons. The maximum Gasteiger partial charge on any atom is 0.283 e. The first-order valence-electron chi connectivity index (χ1n) is 10.1. The number of carbonyl (C=O) groups is 1. The Labute approximate surface area is 184 Å². The molecule has 0 unspecified atom stereocenters. The molecule has 8 heteroatoms. The molecule has 0 N–H and O–H groups in total. The Hall–Kier alpha value is -3.23. The lowest BCUT2D eigenvalue weighted by Gasteiger charge is -2.06. The number of nitrogens with zero attached hydrogens (tertiary/aromatic N) is 4. The Balaban J connectivity index is 1.75. The largest absolute Gasteiger partial charge is 0.497 e. The minimum absolute atomic E-state index is 0.316. The molecule has 0 saturated carbocycles.